The number of carbonyl (C=O) groups excluding carboxylic acids is 1. The molecule has 2 N–H and O–H groups in total. The van der Waals surface area contributed by atoms with E-state index in [2.05, 4.69) is 16.9 Å². The highest BCUT2D eigenvalue weighted by molar-refractivity contribution is 7.99. The number of carbonyl (C=O) groups is 1. The average Bonchev–Trinajstić information content (AvgIpc) is 2.79. The zero-order valence-corrected chi connectivity index (χ0v) is 11.6. The van der Waals surface area contributed by atoms with Crippen LogP contribution in [-0.2, 0) is 9.53 Å². The Hall–Kier alpha value is -0.260. The summed E-state index contributed by atoms with van der Waals surface area (Å²) in [7, 11) is 1.67. The predicted octanol–water partition coefficient (Wildman–Crippen LogP) is 1.01. The highest BCUT2D eigenvalue weighted by atomic mass is 32.2. The fraction of sp³-hybridized carbons (Fsp3) is 0.917. The van der Waals surface area contributed by atoms with Gasteiger partial charge in [0.05, 0.1) is 6.54 Å². The average molecular weight is 260 g/mol. The van der Waals surface area contributed by atoms with Crippen molar-refractivity contribution in [2.45, 2.75) is 37.0 Å². The van der Waals surface area contributed by atoms with E-state index in [1.165, 1.54) is 19.3 Å². The topological polar surface area (TPSA) is 50.4 Å². The lowest BCUT2D eigenvalue weighted by molar-refractivity contribution is -0.120. The molecule has 5 heteroatoms. The predicted molar refractivity (Wildman–Crippen MR) is 72.4 cm³/mol. The molecular weight excluding hydrogens is 236 g/mol. The van der Waals surface area contributed by atoms with Gasteiger partial charge in [-0.3, -0.25) is 4.79 Å². The molecule has 0 spiro atoms. The largest absolute Gasteiger partial charge is 0.385 e. The van der Waals surface area contributed by atoms with Crippen LogP contribution in [0.5, 0.6) is 0 Å². The number of ether oxygens (including phenoxy) is 1. The molecule has 0 aliphatic heterocycles. The van der Waals surface area contributed by atoms with E-state index in [9.17, 15) is 4.79 Å². The van der Waals surface area contributed by atoms with Crippen molar-refractivity contribution >= 4 is 17.7 Å². The maximum Gasteiger partial charge on any atom is 0.233 e. The zero-order valence-electron chi connectivity index (χ0n) is 10.8. The van der Waals surface area contributed by atoms with Gasteiger partial charge in [-0.05, 0) is 25.5 Å². The third kappa shape index (κ3) is 5.75. The Morgan fingerprint density at radius 1 is 1.47 bits per heavy atom. The molecule has 1 fully saturated rings. The molecule has 1 amide bonds. The molecule has 2 unspecified atom stereocenters. The van der Waals surface area contributed by atoms with Crippen LogP contribution in [0.1, 0.15) is 25.7 Å². The lowest BCUT2D eigenvalue weighted by Gasteiger charge is -2.18. The molecule has 0 radical (unpaired) electrons. The smallest absolute Gasteiger partial charge is 0.233 e. The van der Waals surface area contributed by atoms with E-state index in [1.807, 2.05) is 11.8 Å². The molecule has 4 nitrogen and oxygen atoms in total. The van der Waals surface area contributed by atoms with Crippen molar-refractivity contribution in [2.24, 2.45) is 0 Å². The number of nitrogens with one attached hydrogen (secondary N) is 2. The highest BCUT2D eigenvalue weighted by Gasteiger charge is 2.26. The highest BCUT2D eigenvalue weighted by Crippen LogP contribution is 2.28. The number of thioether (sulfide) groups is 1. The van der Waals surface area contributed by atoms with Gasteiger partial charge in [0.25, 0.3) is 0 Å². The number of rotatable bonds is 8. The van der Waals surface area contributed by atoms with E-state index in [-0.39, 0.29) is 5.91 Å². The molecule has 17 heavy (non-hydrogen) atoms. The number of hydrogen-bond acceptors (Lipinski definition) is 4. The first-order chi connectivity index (χ1) is 8.27. The van der Waals surface area contributed by atoms with Crippen LogP contribution in [0.2, 0.25) is 0 Å². The first-order valence-electron chi connectivity index (χ1n) is 6.29. The van der Waals surface area contributed by atoms with E-state index >= 15 is 0 Å². The van der Waals surface area contributed by atoms with Gasteiger partial charge in [0.2, 0.25) is 5.91 Å². The lowest BCUT2D eigenvalue weighted by atomic mass is 10.2. The monoisotopic (exact) mass is 260 g/mol. The van der Waals surface area contributed by atoms with Gasteiger partial charge in [0.1, 0.15) is 0 Å². The third-order valence-electron chi connectivity index (χ3n) is 3.13. The Morgan fingerprint density at radius 3 is 3.00 bits per heavy atom. The molecule has 1 rings (SSSR count). The van der Waals surface area contributed by atoms with Gasteiger partial charge < -0.3 is 15.4 Å². The Bertz CT molecular complexity index is 227. The lowest BCUT2D eigenvalue weighted by Crippen LogP contribution is -2.41. The van der Waals surface area contributed by atoms with Crippen LogP contribution in [0.15, 0.2) is 0 Å². The Balaban J connectivity index is 2.06. The van der Waals surface area contributed by atoms with Crippen LogP contribution in [-0.4, -0.2) is 50.3 Å². The molecule has 100 valence electrons. The summed E-state index contributed by atoms with van der Waals surface area (Å²) < 4.78 is 4.92. The number of methoxy groups -OCH3 is 1. The summed E-state index contributed by atoms with van der Waals surface area (Å²) in [6, 6.07) is 0.509. The summed E-state index contributed by atoms with van der Waals surface area (Å²) in [6.07, 6.45) is 6.77. The van der Waals surface area contributed by atoms with E-state index < -0.39 is 0 Å². The van der Waals surface area contributed by atoms with Gasteiger partial charge in [-0.2, -0.15) is 11.8 Å². The van der Waals surface area contributed by atoms with Crippen LogP contribution in [0.4, 0.5) is 0 Å². The molecule has 2 atom stereocenters. The van der Waals surface area contributed by atoms with Crippen molar-refractivity contribution < 1.29 is 9.53 Å². The molecular formula is C12H24N2O2S. The second-order valence-electron chi connectivity index (χ2n) is 4.39. The van der Waals surface area contributed by atoms with Crippen molar-refractivity contribution in [3.8, 4) is 0 Å². The van der Waals surface area contributed by atoms with E-state index in [4.69, 9.17) is 4.74 Å². The summed E-state index contributed by atoms with van der Waals surface area (Å²) in [5.41, 5.74) is 0. The first kappa shape index (κ1) is 14.8. The minimum absolute atomic E-state index is 0.0906. The molecule has 0 saturated heterocycles. The van der Waals surface area contributed by atoms with Crippen molar-refractivity contribution in [3.63, 3.8) is 0 Å². The molecule has 0 heterocycles. The van der Waals surface area contributed by atoms with Crippen molar-refractivity contribution in [3.05, 3.63) is 0 Å². The van der Waals surface area contributed by atoms with E-state index in [0.717, 1.165) is 6.42 Å². The van der Waals surface area contributed by atoms with Crippen LogP contribution in [0, 0.1) is 0 Å². The molecule has 0 aromatic carbocycles. The Morgan fingerprint density at radius 2 is 2.29 bits per heavy atom. The number of amides is 1. The Labute approximate surface area is 108 Å². The summed E-state index contributed by atoms with van der Waals surface area (Å²) in [6.45, 7) is 1.84. The van der Waals surface area contributed by atoms with Gasteiger partial charge in [-0.25, -0.2) is 0 Å². The molecule has 1 aliphatic rings. The van der Waals surface area contributed by atoms with Gasteiger partial charge in [-0.1, -0.05) is 6.42 Å². The van der Waals surface area contributed by atoms with Gasteiger partial charge in [0, 0.05) is 31.6 Å². The minimum atomic E-state index is 0.0906. The van der Waals surface area contributed by atoms with Crippen LogP contribution < -0.4 is 10.6 Å². The van der Waals surface area contributed by atoms with Crippen molar-refractivity contribution in [1.29, 1.82) is 0 Å². The molecule has 0 bridgehead atoms. The van der Waals surface area contributed by atoms with Gasteiger partial charge in [0.15, 0.2) is 0 Å². The van der Waals surface area contributed by atoms with Gasteiger partial charge >= 0.3 is 0 Å². The Kier molecular flexibility index (Phi) is 7.64. The van der Waals surface area contributed by atoms with Crippen molar-refractivity contribution in [2.75, 3.05) is 33.1 Å². The quantitative estimate of drug-likeness (QED) is 0.640. The maximum absolute atomic E-state index is 11.5. The van der Waals surface area contributed by atoms with Crippen LogP contribution in [0.25, 0.3) is 0 Å². The van der Waals surface area contributed by atoms with Crippen LogP contribution in [0.3, 0.4) is 0 Å². The fourth-order valence-corrected chi connectivity index (χ4v) is 3.14. The molecule has 0 aromatic rings. The second kappa shape index (κ2) is 8.78. The summed E-state index contributed by atoms with van der Waals surface area (Å²) in [5.74, 6) is 0.0906. The fourth-order valence-electron chi connectivity index (χ4n) is 2.17. The molecule has 0 aromatic heterocycles. The van der Waals surface area contributed by atoms with Crippen LogP contribution >= 0.6 is 11.8 Å². The first-order valence-corrected chi connectivity index (χ1v) is 7.58. The maximum atomic E-state index is 11.5. The second-order valence-corrected chi connectivity index (χ2v) is 5.47. The van der Waals surface area contributed by atoms with Crippen molar-refractivity contribution in [1.82, 2.24) is 10.6 Å². The summed E-state index contributed by atoms with van der Waals surface area (Å²) in [4.78, 5) is 11.5. The molecule has 1 aliphatic carbocycles. The van der Waals surface area contributed by atoms with E-state index in [0.29, 0.717) is 31.0 Å². The normalized spacial score (nSPS) is 23.9. The number of hydrogen-bond donors (Lipinski definition) is 2. The molecule has 1 saturated carbocycles. The third-order valence-corrected chi connectivity index (χ3v) is 4.30. The summed E-state index contributed by atoms with van der Waals surface area (Å²) in [5, 5.41) is 6.92. The zero-order chi connectivity index (χ0) is 12.5. The van der Waals surface area contributed by atoms with E-state index in [1.54, 1.807) is 7.11 Å². The van der Waals surface area contributed by atoms with Gasteiger partial charge in [-0.15, -0.1) is 0 Å². The standard InChI is InChI=1S/C12H24N2O2S/c1-16-8-4-7-13-12(15)9-14-10-5-3-6-11(10)17-2/h10-11,14H,3-9H2,1-2H3,(H,13,15). The SMILES string of the molecule is COCCCNC(=O)CNC1CCCC1SC. The minimum Gasteiger partial charge on any atom is -0.385 e. The summed E-state index contributed by atoms with van der Waals surface area (Å²) >= 11 is 1.91.